The van der Waals surface area contributed by atoms with Crippen molar-refractivity contribution in [2.45, 2.75) is 111 Å². The fraction of sp³-hybridized carbons (Fsp3) is 0.468. The minimum absolute atomic E-state index is 0.0638. The van der Waals surface area contributed by atoms with Crippen LogP contribution < -0.4 is 4.98 Å². The van der Waals surface area contributed by atoms with Gasteiger partial charge in [0, 0.05) is 40.1 Å². The predicted octanol–water partition coefficient (Wildman–Crippen LogP) is 6.83. The maximum absolute atomic E-state index is 13.4. The van der Waals surface area contributed by atoms with Crippen LogP contribution in [-0.4, -0.2) is 97.1 Å². The van der Waals surface area contributed by atoms with Crippen molar-refractivity contribution in [2.24, 2.45) is 21.7 Å². The highest BCUT2D eigenvalue weighted by Gasteiger charge is 2.77. The minimum Gasteiger partial charge on any atom is -0.743 e. The number of hydrogen-bond donors (Lipinski definition) is 0. The summed E-state index contributed by atoms with van der Waals surface area (Å²) < 4.78 is 160. The Morgan fingerprint density at radius 3 is 1.38 bits per heavy atom. The summed E-state index contributed by atoms with van der Waals surface area (Å²) in [5, 5.41) is -7.82. The molecule has 6 unspecified atom stereocenters. The van der Waals surface area contributed by atoms with Gasteiger partial charge in [0.1, 0.15) is 13.2 Å². The Balaban J connectivity index is 0.000000188. The standard InChI is InChI=1S/C16H12S.2C13H17F3O7S.C5H5N/c1-2-9-14(10-3-1)17-16-12-6-8-13-7-4-5-11-15(13)16;2*1-10(2)11(3)4-5-12(10,23-8(11)17)9(18)22-6-7(14)13(15,16)24(19,20)21;1-2-4-6-5-3-1/h1-12H;2*7H,4-6H2,1-3H3,(H,19,20,21);1-5H. The lowest BCUT2D eigenvalue weighted by Gasteiger charge is -2.34. The maximum Gasteiger partial charge on any atom is 0.368 e. The number of ether oxygens (including phenoxy) is 4. The number of carbonyl (C=O) groups excluding carboxylic acids is 4. The molecule has 2 saturated carbocycles. The normalized spacial score (nSPS) is 25.7. The van der Waals surface area contributed by atoms with Gasteiger partial charge in [0.25, 0.3) is 0 Å². The summed E-state index contributed by atoms with van der Waals surface area (Å²) >= 11 is 1.27. The van der Waals surface area contributed by atoms with Crippen molar-refractivity contribution in [1.82, 2.24) is 0 Å². The Morgan fingerprint density at radius 1 is 0.634 bits per heavy atom. The molecule has 3 heterocycles. The topological polar surface area (TPSA) is 234 Å². The van der Waals surface area contributed by atoms with E-state index in [1.165, 1.54) is 32.3 Å². The number of carbonyl (C=O) groups is 4. The Bertz CT molecular complexity index is 2690. The summed E-state index contributed by atoms with van der Waals surface area (Å²) in [6.45, 7) is 6.14. The van der Waals surface area contributed by atoms with Crippen molar-refractivity contribution in [3.8, 4) is 0 Å². The van der Waals surface area contributed by atoms with Gasteiger partial charge in [0.05, 0.1) is 10.8 Å². The second kappa shape index (κ2) is 20.3. The van der Waals surface area contributed by atoms with E-state index in [0.29, 0.717) is 0 Å². The first kappa shape index (κ1) is 56.6. The molecule has 388 valence electrons. The highest BCUT2D eigenvalue weighted by atomic mass is 32.2. The summed E-state index contributed by atoms with van der Waals surface area (Å²) in [6, 6.07) is 31.5. The van der Waals surface area contributed by atoms with E-state index in [9.17, 15) is 71.5 Å². The molecule has 2 aliphatic heterocycles. The zero-order valence-corrected chi connectivity index (χ0v) is 41.5. The molecule has 0 amide bonds. The number of H-pyrrole nitrogens is 1. The molecule has 4 bridgehead atoms. The van der Waals surface area contributed by atoms with E-state index in [-0.39, 0.29) is 25.7 Å². The number of benzene rings is 3. The van der Waals surface area contributed by atoms with Crippen LogP contribution in [0.15, 0.2) is 113 Å². The van der Waals surface area contributed by atoms with E-state index in [2.05, 4.69) is 87.3 Å². The smallest absolute Gasteiger partial charge is 0.368 e. The van der Waals surface area contributed by atoms with E-state index in [1.54, 1.807) is 41.5 Å². The number of esters is 4. The highest BCUT2D eigenvalue weighted by Crippen LogP contribution is 2.67. The zero-order chi connectivity index (χ0) is 53.3. The number of pyridine rings is 1. The first-order chi connectivity index (χ1) is 32.7. The van der Waals surface area contributed by atoms with Crippen LogP contribution in [-0.2, 0) is 70.1 Å². The van der Waals surface area contributed by atoms with Gasteiger partial charge in [-0.3, -0.25) is 9.59 Å². The first-order valence-electron chi connectivity index (χ1n) is 21.6. The Kier molecular flexibility index (Phi) is 16.2. The molecule has 4 aromatic rings. The molecular weight excluding hydrogens is 1010 g/mol. The zero-order valence-electron chi connectivity index (χ0n) is 39.0. The Hall–Kier alpha value is -5.30. The van der Waals surface area contributed by atoms with E-state index in [1.807, 2.05) is 30.6 Å². The van der Waals surface area contributed by atoms with Crippen molar-refractivity contribution in [3.63, 3.8) is 0 Å². The summed E-state index contributed by atoms with van der Waals surface area (Å²) in [7, 11) is -12.5. The molecule has 1 aromatic heterocycles. The number of rotatable bonds is 12. The number of nitrogens with one attached hydrogen (secondary N) is 1. The van der Waals surface area contributed by atoms with Gasteiger partial charge in [-0.2, -0.15) is 17.6 Å². The number of fused-ring (bicyclic) bond motifs is 5. The quantitative estimate of drug-likeness (QED) is 0.0354. The lowest BCUT2D eigenvalue weighted by Crippen LogP contribution is -2.50. The molecule has 24 heteroatoms. The van der Waals surface area contributed by atoms with E-state index >= 15 is 0 Å². The number of thiol groups is 1. The average Bonchev–Trinajstić information content (AvgIpc) is 3.78. The van der Waals surface area contributed by atoms with Gasteiger partial charge in [-0.05, 0) is 69.2 Å². The van der Waals surface area contributed by atoms with Gasteiger partial charge in [-0.25, -0.2) is 40.2 Å². The summed E-state index contributed by atoms with van der Waals surface area (Å²) in [5.74, 6) is -3.80. The summed E-state index contributed by atoms with van der Waals surface area (Å²) in [6.07, 6.45) is -2.61. The molecule has 6 atom stereocenters. The monoisotopic (exact) mass is 1060 g/mol. The third kappa shape index (κ3) is 10.2. The molecule has 71 heavy (non-hydrogen) atoms. The predicted molar refractivity (Wildman–Crippen MR) is 240 cm³/mol. The van der Waals surface area contributed by atoms with Gasteiger partial charge >= 0.3 is 34.4 Å². The molecule has 4 aliphatic rings. The summed E-state index contributed by atoms with van der Waals surface area (Å²) in [5.41, 5.74) is -7.55. The van der Waals surface area contributed by atoms with Crippen LogP contribution in [0.2, 0.25) is 0 Å². The van der Waals surface area contributed by atoms with Gasteiger partial charge in [-0.1, -0.05) is 82.3 Å². The molecule has 0 spiro atoms. The molecular formula is C47H51F6NO14S3. The molecule has 4 fully saturated rings. The average molecular weight is 1060 g/mol. The fourth-order valence-electron chi connectivity index (χ4n) is 8.73. The molecule has 2 saturated heterocycles. The Labute approximate surface area is 409 Å². The Morgan fingerprint density at radius 2 is 1.03 bits per heavy atom. The van der Waals surface area contributed by atoms with Gasteiger partial charge < -0.3 is 28.1 Å². The fourth-order valence-corrected chi connectivity index (χ4v) is 10.6. The first-order valence-corrected chi connectivity index (χ1v) is 25.3. The van der Waals surface area contributed by atoms with Crippen LogP contribution in [0.4, 0.5) is 26.3 Å². The van der Waals surface area contributed by atoms with Crippen LogP contribution in [0.5, 0.6) is 0 Å². The lowest BCUT2D eigenvalue weighted by atomic mass is 9.66. The third-order valence-corrected chi connectivity index (χ3v) is 17.4. The van der Waals surface area contributed by atoms with Crippen molar-refractivity contribution >= 4 is 66.6 Å². The molecule has 0 radical (unpaired) electrons. The SMILES string of the molecule is CC12CCC(C(=O)OCC(F)C(F)(F)S(=O)(=O)[O-])(OC1=O)C2(C)C.CC12CCC(C(=O)OCC(F)C(F)(F)S(=O)(=O)[O-])(OC1=O)C2(C)C.c1cc[nH+]cc1.c1ccc([SH+]c2cccc3ccccc23)cc1. The van der Waals surface area contributed by atoms with E-state index < -0.39 is 113 Å². The highest BCUT2D eigenvalue weighted by molar-refractivity contribution is 7.87. The van der Waals surface area contributed by atoms with Crippen molar-refractivity contribution in [2.75, 3.05) is 13.2 Å². The second-order valence-electron chi connectivity index (χ2n) is 18.5. The molecule has 8 rings (SSSR count). The van der Waals surface area contributed by atoms with Crippen LogP contribution in [0.25, 0.3) is 10.8 Å². The van der Waals surface area contributed by atoms with Crippen molar-refractivity contribution in [3.05, 3.63) is 103 Å². The second-order valence-corrected chi connectivity index (χ2v) is 22.7. The summed E-state index contributed by atoms with van der Waals surface area (Å²) in [4.78, 5) is 54.1. The largest absolute Gasteiger partial charge is 0.743 e. The lowest BCUT2D eigenvalue weighted by molar-refractivity contribution is -0.378. The van der Waals surface area contributed by atoms with Crippen LogP contribution in [0.1, 0.15) is 67.2 Å². The van der Waals surface area contributed by atoms with Crippen LogP contribution in [0, 0.1) is 21.7 Å². The minimum atomic E-state index is -6.26. The van der Waals surface area contributed by atoms with Gasteiger partial charge in [0.15, 0.2) is 42.4 Å². The van der Waals surface area contributed by atoms with E-state index in [4.69, 9.17) is 9.47 Å². The molecule has 3 aromatic carbocycles. The molecule has 1 N–H and O–H groups in total. The molecule has 2 aliphatic carbocycles. The van der Waals surface area contributed by atoms with Gasteiger partial charge in [0.2, 0.25) is 23.5 Å². The maximum atomic E-state index is 13.4. The van der Waals surface area contributed by atoms with Crippen molar-refractivity contribution < 1.29 is 95.4 Å². The number of aromatic amines is 1. The van der Waals surface area contributed by atoms with E-state index in [0.717, 1.165) is 0 Å². The third-order valence-electron chi connectivity index (χ3n) is 14.3. The van der Waals surface area contributed by atoms with Gasteiger partial charge in [-0.15, -0.1) is 0 Å². The molecule has 15 nitrogen and oxygen atoms in total. The van der Waals surface area contributed by atoms with Crippen molar-refractivity contribution in [1.29, 1.82) is 0 Å². The van der Waals surface area contributed by atoms with Crippen LogP contribution >= 0.6 is 0 Å². The number of aromatic nitrogens is 1. The number of alkyl halides is 6. The van der Waals surface area contributed by atoms with Crippen LogP contribution in [0.3, 0.4) is 0 Å². The number of hydrogen-bond acceptors (Lipinski definition) is 14. The number of halogens is 6.